The Labute approximate surface area is 171 Å². The fourth-order valence-electron chi connectivity index (χ4n) is 9.60. The quantitative estimate of drug-likeness (QED) is 0.712. The minimum atomic E-state index is -1.48. The molecule has 6 rings (SSSR count). The van der Waals surface area contributed by atoms with Gasteiger partial charge in [-0.1, -0.05) is 0 Å². The van der Waals surface area contributed by atoms with Crippen LogP contribution in [0.15, 0.2) is 4.99 Å². The largest absolute Gasteiger partial charge is 0.386 e. The number of fused-ring (bicyclic) bond motifs is 2. The molecule has 162 valence electrons. The van der Waals surface area contributed by atoms with Gasteiger partial charge in [-0.3, -0.25) is 4.99 Å². The second-order valence-corrected chi connectivity index (χ2v) is 10.3. The Kier molecular flexibility index (Phi) is 3.83. The van der Waals surface area contributed by atoms with Gasteiger partial charge >= 0.3 is 0 Å². The van der Waals surface area contributed by atoms with Crippen LogP contribution in [0.1, 0.15) is 25.7 Å². The predicted octanol–water partition coefficient (Wildman–Crippen LogP) is 0.657. The van der Waals surface area contributed by atoms with Crippen molar-refractivity contribution in [3.05, 3.63) is 0 Å². The van der Waals surface area contributed by atoms with Crippen molar-refractivity contribution in [3.63, 3.8) is 0 Å². The Hall–Kier alpha value is -0.570. The van der Waals surface area contributed by atoms with E-state index >= 15 is 0 Å². The van der Waals surface area contributed by atoms with Gasteiger partial charge < -0.3 is 29.2 Å². The molecule has 1 aliphatic heterocycles. The van der Waals surface area contributed by atoms with E-state index < -0.39 is 23.3 Å². The molecule has 0 amide bonds. The molecule has 13 unspecified atom stereocenters. The van der Waals surface area contributed by atoms with E-state index in [4.69, 9.17) is 23.9 Å². The van der Waals surface area contributed by atoms with Crippen molar-refractivity contribution in [3.8, 4) is 0 Å². The van der Waals surface area contributed by atoms with E-state index in [0.29, 0.717) is 6.42 Å². The first-order valence-electron chi connectivity index (χ1n) is 11.0. The van der Waals surface area contributed by atoms with Crippen molar-refractivity contribution in [1.29, 1.82) is 0 Å². The van der Waals surface area contributed by atoms with Crippen LogP contribution in [0.2, 0.25) is 0 Å². The van der Waals surface area contributed by atoms with Gasteiger partial charge in [0.05, 0.1) is 30.5 Å². The maximum atomic E-state index is 12.5. The summed E-state index contributed by atoms with van der Waals surface area (Å²) in [6.45, 7) is 0. The lowest BCUT2D eigenvalue weighted by atomic mass is 9.46. The van der Waals surface area contributed by atoms with Gasteiger partial charge in [-0.25, -0.2) is 0 Å². The zero-order valence-electron chi connectivity index (χ0n) is 17.7. The van der Waals surface area contributed by atoms with E-state index in [9.17, 15) is 10.2 Å². The zero-order chi connectivity index (χ0) is 20.3. The number of rotatable bonds is 4. The number of ether oxygens (including phenoxy) is 4. The molecule has 29 heavy (non-hydrogen) atoms. The van der Waals surface area contributed by atoms with E-state index in [0.717, 1.165) is 19.3 Å². The molecule has 5 saturated carbocycles. The average molecular weight is 408 g/mol. The van der Waals surface area contributed by atoms with E-state index in [2.05, 4.69) is 0 Å². The van der Waals surface area contributed by atoms with Crippen LogP contribution in [0.3, 0.4) is 0 Å². The number of nitrogens with zero attached hydrogens (tertiary/aromatic N) is 1. The smallest absolute Gasteiger partial charge is 0.143 e. The van der Waals surface area contributed by atoms with Gasteiger partial charge in [0.1, 0.15) is 11.2 Å². The lowest BCUT2D eigenvalue weighted by molar-refractivity contribution is -0.293. The van der Waals surface area contributed by atoms with Crippen molar-refractivity contribution in [2.24, 2.45) is 40.0 Å². The van der Waals surface area contributed by atoms with Crippen molar-refractivity contribution in [2.75, 3.05) is 28.4 Å². The SMILES string of the molecule is COC1CC2(O)C3C(OC)C1CC3C13C(OC)CCC4C=NC1C2(O)C(OC)C43. The first kappa shape index (κ1) is 19.1. The molecule has 7 bridgehead atoms. The highest BCUT2D eigenvalue weighted by atomic mass is 16.5. The molecule has 5 aliphatic carbocycles. The lowest BCUT2D eigenvalue weighted by Gasteiger charge is -2.63. The predicted molar refractivity (Wildman–Crippen MR) is 104 cm³/mol. The third-order valence-corrected chi connectivity index (χ3v) is 10.2. The van der Waals surface area contributed by atoms with Crippen LogP contribution in [-0.4, -0.2) is 86.5 Å². The van der Waals surface area contributed by atoms with Gasteiger partial charge in [-0.15, -0.1) is 0 Å². The first-order valence-corrected chi connectivity index (χ1v) is 11.0. The Bertz CT molecular complexity index is 747. The van der Waals surface area contributed by atoms with E-state index in [1.54, 1.807) is 28.4 Å². The molecule has 0 aromatic rings. The Balaban J connectivity index is 1.65. The van der Waals surface area contributed by atoms with E-state index in [1.165, 1.54) is 0 Å². The Morgan fingerprint density at radius 3 is 2.41 bits per heavy atom. The fraction of sp³-hybridized carbons (Fsp3) is 0.955. The van der Waals surface area contributed by atoms with E-state index in [-0.39, 0.29) is 53.3 Å². The topological polar surface area (TPSA) is 89.7 Å². The molecule has 0 radical (unpaired) electrons. The summed E-state index contributed by atoms with van der Waals surface area (Å²) in [4.78, 5) is 4.96. The maximum Gasteiger partial charge on any atom is 0.143 e. The van der Waals surface area contributed by atoms with Gasteiger partial charge in [0, 0.05) is 70.2 Å². The molecular weight excluding hydrogens is 374 g/mol. The summed E-state index contributed by atoms with van der Waals surface area (Å²) < 4.78 is 24.0. The molecule has 6 aliphatic rings. The fourth-order valence-corrected chi connectivity index (χ4v) is 9.60. The maximum absolute atomic E-state index is 12.5. The molecule has 1 spiro atoms. The zero-order valence-corrected chi connectivity index (χ0v) is 17.7. The monoisotopic (exact) mass is 407 g/mol. The van der Waals surface area contributed by atoms with Gasteiger partial charge in [0.25, 0.3) is 0 Å². The Morgan fingerprint density at radius 1 is 0.966 bits per heavy atom. The molecule has 0 aromatic carbocycles. The summed E-state index contributed by atoms with van der Waals surface area (Å²) in [5.41, 5.74) is -3.19. The minimum absolute atomic E-state index is 0.00900. The van der Waals surface area contributed by atoms with Crippen molar-refractivity contribution >= 4 is 6.21 Å². The van der Waals surface area contributed by atoms with Gasteiger partial charge in [-0.05, 0) is 25.2 Å². The molecule has 2 N–H and O–H groups in total. The number of methoxy groups -OCH3 is 4. The van der Waals surface area contributed by atoms with Crippen LogP contribution >= 0.6 is 0 Å². The average Bonchev–Trinajstić information content (AvgIpc) is 3.11. The number of aliphatic hydroxyl groups is 2. The second-order valence-electron chi connectivity index (χ2n) is 10.3. The van der Waals surface area contributed by atoms with Crippen LogP contribution in [0, 0.1) is 35.0 Å². The summed E-state index contributed by atoms with van der Waals surface area (Å²) in [6, 6.07) is -0.426. The van der Waals surface area contributed by atoms with Crippen molar-refractivity contribution in [2.45, 2.75) is 67.3 Å². The molecule has 7 nitrogen and oxygen atoms in total. The van der Waals surface area contributed by atoms with Gasteiger partial charge in [-0.2, -0.15) is 0 Å². The molecule has 0 saturated heterocycles. The summed E-state index contributed by atoms with van der Waals surface area (Å²) in [6.07, 6.45) is 4.46. The van der Waals surface area contributed by atoms with Crippen LogP contribution < -0.4 is 0 Å². The number of hydrogen-bond donors (Lipinski definition) is 2. The van der Waals surface area contributed by atoms with Crippen LogP contribution in [-0.2, 0) is 18.9 Å². The summed E-state index contributed by atoms with van der Waals surface area (Å²) >= 11 is 0. The van der Waals surface area contributed by atoms with Gasteiger partial charge in [0.2, 0.25) is 0 Å². The van der Waals surface area contributed by atoms with Crippen molar-refractivity contribution < 1.29 is 29.2 Å². The molecule has 13 atom stereocenters. The molecule has 5 fully saturated rings. The highest BCUT2D eigenvalue weighted by Gasteiger charge is 2.89. The summed E-state index contributed by atoms with van der Waals surface area (Å²) in [5.74, 6) is 0.537. The standard InChI is InChI=1S/C22H33NO6/c1-26-13-8-20(24)16-12(7-11(13)17(16)28-3)21-14(27-2)6-5-10-9-23-19(21)22(20,25)18(29-4)15(10)21/h9-19,24-25H,5-8H2,1-4H3. The molecular formula is C22H33NO6. The van der Waals surface area contributed by atoms with Crippen LogP contribution in [0.5, 0.6) is 0 Å². The van der Waals surface area contributed by atoms with Crippen LogP contribution in [0.4, 0.5) is 0 Å². The van der Waals surface area contributed by atoms with E-state index in [1.807, 2.05) is 6.21 Å². The summed E-state index contributed by atoms with van der Waals surface area (Å²) in [7, 11) is 6.87. The second kappa shape index (κ2) is 5.81. The third kappa shape index (κ3) is 1.72. The highest BCUT2D eigenvalue weighted by Crippen LogP contribution is 2.78. The number of hydrogen-bond acceptors (Lipinski definition) is 7. The minimum Gasteiger partial charge on any atom is -0.386 e. The summed E-state index contributed by atoms with van der Waals surface area (Å²) in [5, 5.41) is 24.8. The number of aliphatic imine (C=N–C) groups is 1. The van der Waals surface area contributed by atoms with Crippen molar-refractivity contribution in [1.82, 2.24) is 0 Å². The Morgan fingerprint density at radius 2 is 1.76 bits per heavy atom. The normalized spacial score (nSPS) is 63.8. The third-order valence-electron chi connectivity index (χ3n) is 10.2. The first-order chi connectivity index (χ1) is 13.9. The molecule has 7 heteroatoms. The highest BCUT2D eigenvalue weighted by molar-refractivity contribution is 5.67. The van der Waals surface area contributed by atoms with Gasteiger partial charge in [0.15, 0.2) is 0 Å². The molecule has 0 aromatic heterocycles. The lowest BCUT2D eigenvalue weighted by Crippen LogP contribution is -2.77. The van der Waals surface area contributed by atoms with Crippen LogP contribution in [0.25, 0.3) is 0 Å². The molecule has 1 heterocycles.